The number of aromatic nitrogens is 2. The van der Waals surface area contributed by atoms with Crippen LogP contribution < -0.4 is 18.9 Å². The van der Waals surface area contributed by atoms with E-state index in [0.29, 0.717) is 16.8 Å². The minimum atomic E-state index is -0.108. The average molecular weight is 373 g/mol. The quantitative estimate of drug-likeness (QED) is 0.220. The summed E-state index contributed by atoms with van der Waals surface area (Å²) in [5.41, 5.74) is 10.1. The fourth-order valence-corrected chi connectivity index (χ4v) is 2.51. The zero-order valence-corrected chi connectivity index (χ0v) is 15.9. The largest absolute Gasteiger partial charge is 0.616 e. The van der Waals surface area contributed by atoms with Crippen LogP contribution in [0.5, 0.6) is 17.5 Å². The number of hydrogen-bond acceptors (Lipinski definition) is 6. The molecule has 0 amide bonds. The summed E-state index contributed by atoms with van der Waals surface area (Å²) >= 11 is 0. The van der Waals surface area contributed by atoms with Crippen LogP contribution in [0.2, 0.25) is 0 Å². The van der Waals surface area contributed by atoms with E-state index in [9.17, 15) is 5.21 Å². The van der Waals surface area contributed by atoms with Gasteiger partial charge >= 0.3 is 5.88 Å². The summed E-state index contributed by atoms with van der Waals surface area (Å²) in [4.78, 5) is 7.10. The van der Waals surface area contributed by atoms with Crippen LogP contribution in [-0.2, 0) is 19.6 Å². The third-order valence-corrected chi connectivity index (χ3v) is 3.77. The van der Waals surface area contributed by atoms with Gasteiger partial charge in [0, 0.05) is 11.3 Å². The van der Waals surface area contributed by atoms with Crippen molar-refractivity contribution in [2.45, 2.75) is 33.4 Å². The van der Waals surface area contributed by atoms with E-state index in [2.05, 4.69) is 15.0 Å². The van der Waals surface area contributed by atoms with Crippen LogP contribution >= 0.6 is 0 Å². The van der Waals surface area contributed by atoms with E-state index in [1.165, 1.54) is 7.11 Å². The molecule has 2 rings (SSSR count). The first-order valence-electron chi connectivity index (χ1n) is 8.46. The third kappa shape index (κ3) is 5.15. The molecule has 0 aliphatic carbocycles. The Morgan fingerprint density at radius 2 is 1.93 bits per heavy atom. The highest BCUT2D eigenvalue weighted by Crippen LogP contribution is 2.24. The molecule has 27 heavy (non-hydrogen) atoms. The molecule has 9 heteroatoms. The molecule has 0 fully saturated rings. The van der Waals surface area contributed by atoms with Crippen molar-refractivity contribution in [3.63, 3.8) is 0 Å². The fourth-order valence-electron chi connectivity index (χ4n) is 2.51. The van der Waals surface area contributed by atoms with Crippen LogP contribution in [0.4, 0.5) is 0 Å². The lowest BCUT2D eigenvalue weighted by atomic mass is 10.1. The SMILES string of the molecule is COc1ccc(COc2nc(CN=[N+]=[N-])c(OC)[n+]([O-])c2CC(C)C)cc1. The van der Waals surface area contributed by atoms with Gasteiger partial charge in [-0.05, 0) is 29.1 Å². The first-order valence-corrected chi connectivity index (χ1v) is 8.46. The second kappa shape index (κ2) is 9.49. The van der Waals surface area contributed by atoms with Gasteiger partial charge in [0.1, 0.15) is 12.4 Å². The summed E-state index contributed by atoms with van der Waals surface area (Å²) in [5.74, 6) is 1.17. The Morgan fingerprint density at radius 3 is 2.48 bits per heavy atom. The van der Waals surface area contributed by atoms with E-state index in [1.807, 2.05) is 38.1 Å². The van der Waals surface area contributed by atoms with Crippen molar-refractivity contribution in [3.8, 4) is 17.5 Å². The maximum atomic E-state index is 12.8. The summed E-state index contributed by atoms with van der Waals surface area (Å²) in [6.07, 6.45) is 0.465. The number of azide groups is 1. The minimum Gasteiger partial charge on any atom is -0.616 e. The first kappa shape index (κ1) is 20.1. The number of methoxy groups -OCH3 is 2. The Hall–Kier alpha value is -3.19. The van der Waals surface area contributed by atoms with Gasteiger partial charge in [-0.2, -0.15) is 0 Å². The minimum absolute atomic E-state index is 0.00912. The van der Waals surface area contributed by atoms with Gasteiger partial charge in [-0.25, -0.2) is 4.98 Å². The third-order valence-electron chi connectivity index (χ3n) is 3.77. The number of hydrogen-bond donors (Lipinski definition) is 0. The Balaban J connectivity index is 2.37. The Bertz CT molecular complexity index is 817. The van der Waals surface area contributed by atoms with Crippen molar-refractivity contribution in [1.82, 2.24) is 4.98 Å². The Morgan fingerprint density at radius 1 is 1.22 bits per heavy atom. The number of nitrogens with zero attached hydrogens (tertiary/aromatic N) is 5. The zero-order chi connectivity index (χ0) is 19.8. The van der Waals surface area contributed by atoms with Crippen LogP contribution in [0.1, 0.15) is 30.8 Å². The van der Waals surface area contributed by atoms with E-state index >= 15 is 0 Å². The summed E-state index contributed by atoms with van der Waals surface area (Å²) in [5, 5.41) is 16.2. The summed E-state index contributed by atoms with van der Waals surface area (Å²) in [7, 11) is 2.98. The Kier molecular flexibility index (Phi) is 7.08. The van der Waals surface area contributed by atoms with Crippen molar-refractivity contribution in [1.29, 1.82) is 0 Å². The van der Waals surface area contributed by atoms with Crippen LogP contribution in [0.3, 0.4) is 0 Å². The maximum Gasteiger partial charge on any atom is 0.402 e. The van der Waals surface area contributed by atoms with E-state index in [1.54, 1.807) is 7.11 Å². The monoisotopic (exact) mass is 373 g/mol. The van der Waals surface area contributed by atoms with Gasteiger partial charge in [0.15, 0.2) is 5.69 Å². The van der Waals surface area contributed by atoms with Gasteiger partial charge in [-0.3, -0.25) is 0 Å². The summed E-state index contributed by atoms with van der Waals surface area (Å²) in [6.45, 7) is 4.11. The normalized spacial score (nSPS) is 10.4. The molecule has 0 saturated carbocycles. The van der Waals surface area contributed by atoms with Gasteiger partial charge in [0.05, 0.1) is 20.8 Å². The van der Waals surface area contributed by atoms with Crippen LogP contribution in [0, 0.1) is 11.1 Å². The molecule has 144 valence electrons. The predicted molar refractivity (Wildman–Crippen MR) is 98.5 cm³/mol. The summed E-state index contributed by atoms with van der Waals surface area (Å²) in [6, 6.07) is 7.40. The van der Waals surface area contributed by atoms with E-state index in [-0.39, 0.29) is 36.5 Å². The van der Waals surface area contributed by atoms with E-state index < -0.39 is 0 Å². The van der Waals surface area contributed by atoms with Gasteiger partial charge < -0.3 is 19.4 Å². The number of rotatable bonds is 9. The second-order valence-corrected chi connectivity index (χ2v) is 6.24. The highest BCUT2D eigenvalue weighted by molar-refractivity contribution is 5.28. The molecule has 9 nitrogen and oxygen atoms in total. The van der Waals surface area contributed by atoms with Gasteiger partial charge in [0.25, 0.3) is 11.6 Å². The zero-order valence-electron chi connectivity index (χ0n) is 15.9. The standard InChI is InChI=1S/C18H23N5O4/c1-12(2)9-16-17(27-11-13-5-7-14(25-3)8-6-13)21-15(10-20-22-19)18(26-4)23(16)24/h5-8,12H,9-11H2,1-4H3. The lowest BCUT2D eigenvalue weighted by Crippen LogP contribution is -2.37. The number of benzene rings is 1. The van der Waals surface area contributed by atoms with Crippen LogP contribution in [0.25, 0.3) is 10.4 Å². The molecule has 0 N–H and O–H groups in total. The highest BCUT2D eigenvalue weighted by Gasteiger charge is 2.26. The molecule has 0 bridgehead atoms. The molecule has 1 aromatic heterocycles. The second-order valence-electron chi connectivity index (χ2n) is 6.24. The molecule has 0 aliphatic rings. The molecule has 1 heterocycles. The molecule has 1 aromatic carbocycles. The molecule has 2 aromatic rings. The molecule has 0 saturated heterocycles. The lowest BCUT2D eigenvalue weighted by molar-refractivity contribution is -0.622. The summed E-state index contributed by atoms with van der Waals surface area (Å²) < 4.78 is 16.8. The van der Waals surface area contributed by atoms with Crippen molar-refractivity contribution in [2.75, 3.05) is 14.2 Å². The molecular weight excluding hydrogens is 350 g/mol. The molecule has 0 aliphatic heterocycles. The molecular formula is C18H23N5O4. The van der Waals surface area contributed by atoms with Gasteiger partial charge in [0.2, 0.25) is 0 Å². The van der Waals surface area contributed by atoms with E-state index in [4.69, 9.17) is 19.7 Å². The average Bonchev–Trinajstić information content (AvgIpc) is 2.67. The van der Waals surface area contributed by atoms with Crippen LogP contribution in [0.15, 0.2) is 29.4 Å². The maximum absolute atomic E-state index is 12.8. The van der Waals surface area contributed by atoms with Crippen molar-refractivity contribution < 1.29 is 18.9 Å². The van der Waals surface area contributed by atoms with Crippen molar-refractivity contribution in [2.24, 2.45) is 11.0 Å². The van der Waals surface area contributed by atoms with Crippen LogP contribution in [-0.4, -0.2) is 19.2 Å². The molecule has 0 spiro atoms. The molecule has 0 atom stereocenters. The van der Waals surface area contributed by atoms with Crippen molar-refractivity contribution >= 4 is 0 Å². The van der Waals surface area contributed by atoms with Crippen molar-refractivity contribution in [3.05, 3.63) is 56.9 Å². The fraction of sp³-hybridized carbons (Fsp3) is 0.444. The van der Waals surface area contributed by atoms with E-state index in [0.717, 1.165) is 11.3 Å². The van der Waals surface area contributed by atoms with Gasteiger partial charge in [-0.15, -0.1) is 4.73 Å². The lowest BCUT2D eigenvalue weighted by Gasteiger charge is -2.16. The number of ether oxygens (including phenoxy) is 3. The predicted octanol–water partition coefficient (Wildman–Crippen LogP) is 3.32. The molecule has 0 unspecified atom stereocenters. The topological polar surface area (TPSA) is 116 Å². The smallest absolute Gasteiger partial charge is 0.402 e. The Labute approximate surface area is 157 Å². The van der Waals surface area contributed by atoms with Gasteiger partial charge in [-0.1, -0.05) is 31.1 Å². The first-order chi connectivity index (χ1) is 13.0. The molecule has 0 radical (unpaired) electrons. The highest BCUT2D eigenvalue weighted by atomic mass is 16.5.